The Morgan fingerprint density at radius 1 is 1.43 bits per heavy atom. The molecule has 0 atom stereocenters. The highest BCUT2D eigenvalue weighted by Gasteiger charge is 2.22. The highest BCUT2D eigenvalue weighted by molar-refractivity contribution is 9.10. The van der Waals surface area contributed by atoms with E-state index in [1.54, 1.807) is 12.0 Å². The molecule has 0 saturated carbocycles. The smallest absolute Gasteiger partial charge is 0.261 e. The highest BCUT2D eigenvalue weighted by Crippen LogP contribution is 2.25. The molecule has 1 aromatic carbocycles. The van der Waals surface area contributed by atoms with Crippen LogP contribution in [0, 0.1) is 0 Å². The first-order chi connectivity index (χ1) is 9.68. The zero-order valence-corrected chi connectivity index (χ0v) is 15.1. The summed E-state index contributed by atoms with van der Waals surface area (Å²) in [5, 5.41) is 0. The molecule has 0 radical (unpaired) electrons. The van der Waals surface area contributed by atoms with E-state index in [1.807, 2.05) is 13.8 Å². The number of benzene rings is 1. The van der Waals surface area contributed by atoms with Crippen LogP contribution in [0.25, 0.3) is 0 Å². The predicted octanol–water partition coefficient (Wildman–Crippen LogP) is 2.87. The molecule has 0 aliphatic rings. The lowest BCUT2D eigenvalue weighted by Gasteiger charge is -2.27. The lowest BCUT2D eigenvalue weighted by Crippen LogP contribution is -2.39. The Kier molecular flexibility index (Phi) is 6.65. The van der Waals surface area contributed by atoms with Gasteiger partial charge < -0.3 is 9.64 Å². The van der Waals surface area contributed by atoms with E-state index in [-0.39, 0.29) is 22.4 Å². The fraction of sp³-hybridized carbons (Fsp3) is 0.462. The van der Waals surface area contributed by atoms with Crippen molar-refractivity contribution in [3.05, 3.63) is 28.2 Å². The zero-order chi connectivity index (χ0) is 16.2. The summed E-state index contributed by atoms with van der Waals surface area (Å²) in [4.78, 5) is 14.1. The first kappa shape index (κ1) is 18.4. The lowest BCUT2D eigenvalue weighted by molar-refractivity contribution is 0.0634. The van der Waals surface area contributed by atoms with Gasteiger partial charge in [-0.25, -0.2) is 8.42 Å². The van der Waals surface area contributed by atoms with Crippen LogP contribution in [-0.4, -0.2) is 45.5 Å². The minimum Gasteiger partial charge on any atom is -0.383 e. The number of amides is 1. The Labute approximate surface area is 137 Å². The summed E-state index contributed by atoms with van der Waals surface area (Å²) in [5.74, 6) is -0.281. The van der Waals surface area contributed by atoms with E-state index in [0.717, 1.165) is 0 Å². The van der Waals surface area contributed by atoms with E-state index in [0.29, 0.717) is 17.6 Å². The molecule has 1 rings (SSSR count). The summed E-state index contributed by atoms with van der Waals surface area (Å²) in [7, 11) is 3.00. The third-order valence-electron chi connectivity index (χ3n) is 2.87. The Morgan fingerprint density at radius 2 is 2.05 bits per heavy atom. The monoisotopic (exact) mass is 397 g/mol. The molecule has 21 heavy (non-hydrogen) atoms. The van der Waals surface area contributed by atoms with E-state index in [2.05, 4.69) is 15.9 Å². The number of halogens is 2. The van der Waals surface area contributed by atoms with Crippen LogP contribution in [0.5, 0.6) is 0 Å². The molecule has 0 saturated heterocycles. The van der Waals surface area contributed by atoms with Gasteiger partial charge in [-0.15, -0.1) is 0 Å². The SMILES string of the molecule is COCCN(C(=O)c1cc(S(=O)(=O)Cl)ccc1Br)C(C)C. The summed E-state index contributed by atoms with van der Waals surface area (Å²) in [6.45, 7) is 4.57. The van der Waals surface area contributed by atoms with Gasteiger partial charge in [0, 0.05) is 34.9 Å². The van der Waals surface area contributed by atoms with Crippen molar-refractivity contribution in [2.75, 3.05) is 20.3 Å². The summed E-state index contributed by atoms with van der Waals surface area (Å²) >= 11 is 3.27. The van der Waals surface area contributed by atoms with Crippen molar-refractivity contribution in [1.29, 1.82) is 0 Å². The van der Waals surface area contributed by atoms with Crippen molar-refractivity contribution in [3.63, 3.8) is 0 Å². The third-order valence-corrected chi connectivity index (χ3v) is 4.91. The van der Waals surface area contributed by atoms with Gasteiger partial charge in [0.2, 0.25) is 0 Å². The van der Waals surface area contributed by atoms with Crippen LogP contribution in [-0.2, 0) is 13.8 Å². The van der Waals surface area contributed by atoms with Gasteiger partial charge in [-0.3, -0.25) is 4.79 Å². The molecule has 118 valence electrons. The van der Waals surface area contributed by atoms with Crippen molar-refractivity contribution in [1.82, 2.24) is 4.90 Å². The van der Waals surface area contributed by atoms with Crippen LogP contribution >= 0.6 is 26.6 Å². The molecule has 0 fully saturated rings. The Balaban J connectivity index is 3.21. The molecule has 0 unspecified atom stereocenters. The van der Waals surface area contributed by atoms with Crippen molar-refractivity contribution >= 4 is 41.6 Å². The first-order valence-corrected chi connectivity index (χ1v) is 9.32. The molecule has 0 aromatic heterocycles. The maximum Gasteiger partial charge on any atom is 0.261 e. The third kappa shape index (κ3) is 4.95. The molecule has 8 heteroatoms. The minimum absolute atomic E-state index is 0.0455. The normalized spacial score (nSPS) is 11.7. The first-order valence-electron chi connectivity index (χ1n) is 6.22. The van der Waals surface area contributed by atoms with Gasteiger partial charge in [0.05, 0.1) is 17.1 Å². The molecule has 0 aliphatic carbocycles. The number of methoxy groups -OCH3 is 1. The minimum atomic E-state index is -3.88. The lowest BCUT2D eigenvalue weighted by atomic mass is 10.1. The summed E-state index contributed by atoms with van der Waals surface area (Å²) in [5.41, 5.74) is 0.251. The van der Waals surface area contributed by atoms with Crippen LogP contribution in [0.15, 0.2) is 27.6 Å². The standard InChI is InChI=1S/C13H17BrClNO4S/c1-9(2)16(6-7-20-3)13(17)11-8-10(21(15,18)19)4-5-12(11)14/h4-5,8-9H,6-7H2,1-3H3. The van der Waals surface area contributed by atoms with Crippen LogP contribution in [0.3, 0.4) is 0 Å². The Morgan fingerprint density at radius 3 is 2.52 bits per heavy atom. The number of hydrogen-bond donors (Lipinski definition) is 0. The second kappa shape index (κ2) is 7.58. The van der Waals surface area contributed by atoms with E-state index in [4.69, 9.17) is 15.4 Å². The summed E-state index contributed by atoms with van der Waals surface area (Å²) in [6.07, 6.45) is 0. The molecular formula is C13H17BrClNO4S. The molecule has 0 bridgehead atoms. The molecule has 0 N–H and O–H groups in total. The van der Waals surface area contributed by atoms with Crippen molar-refractivity contribution < 1.29 is 17.9 Å². The second-order valence-corrected chi connectivity index (χ2v) is 8.08. The average Bonchev–Trinajstić information content (AvgIpc) is 2.37. The molecular weight excluding hydrogens is 382 g/mol. The number of carbonyl (C=O) groups is 1. The van der Waals surface area contributed by atoms with Gasteiger partial charge >= 0.3 is 0 Å². The van der Waals surface area contributed by atoms with Gasteiger partial charge in [0.25, 0.3) is 15.0 Å². The molecule has 0 spiro atoms. The van der Waals surface area contributed by atoms with E-state index < -0.39 is 9.05 Å². The second-order valence-electron chi connectivity index (χ2n) is 4.66. The Hall–Kier alpha value is -0.630. The topological polar surface area (TPSA) is 63.7 Å². The molecule has 1 amide bonds. The fourth-order valence-electron chi connectivity index (χ4n) is 1.76. The van der Waals surface area contributed by atoms with Crippen molar-refractivity contribution in [2.45, 2.75) is 24.8 Å². The maximum atomic E-state index is 12.6. The summed E-state index contributed by atoms with van der Waals surface area (Å²) < 4.78 is 28.3. The average molecular weight is 399 g/mol. The number of hydrogen-bond acceptors (Lipinski definition) is 4. The number of carbonyl (C=O) groups excluding carboxylic acids is 1. The van der Waals surface area contributed by atoms with Crippen LogP contribution in [0.2, 0.25) is 0 Å². The highest BCUT2D eigenvalue weighted by atomic mass is 79.9. The maximum absolute atomic E-state index is 12.6. The number of rotatable bonds is 6. The van der Waals surface area contributed by atoms with Crippen LogP contribution in [0.1, 0.15) is 24.2 Å². The Bertz CT molecular complexity index is 619. The number of nitrogens with zero attached hydrogens (tertiary/aromatic N) is 1. The molecule has 5 nitrogen and oxygen atoms in total. The van der Waals surface area contributed by atoms with E-state index in [1.165, 1.54) is 18.2 Å². The van der Waals surface area contributed by atoms with E-state index in [9.17, 15) is 13.2 Å². The zero-order valence-electron chi connectivity index (χ0n) is 12.0. The largest absolute Gasteiger partial charge is 0.383 e. The van der Waals surface area contributed by atoms with Crippen LogP contribution in [0.4, 0.5) is 0 Å². The van der Waals surface area contributed by atoms with E-state index >= 15 is 0 Å². The van der Waals surface area contributed by atoms with Gasteiger partial charge in [-0.05, 0) is 48.0 Å². The quantitative estimate of drug-likeness (QED) is 0.691. The number of ether oxygens (including phenoxy) is 1. The van der Waals surface area contributed by atoms with Gasteiger partial charge in [0.15, 0.2) is 0 Å². The molecule has 0 heterocycles. The van der Waals surface area contributed by atoms with Gasteiger partial charge in [-0.1, -0.05) is 0 Å². The van der Waals surface area contributed by atoms with Gasteiger partial charge in [-0.2, -0.15) is 0 Å². The molecule has 1 aromatic rings. The van der Waals surface area contributed by atoms with Gasteiger partial charge in [0.1, 0.15) is 0 Å². The predicted molar refractivity (Wildman–Crippen MR) is 85.2 cm³/mol. The van der Waals surface area contributed by atoms with Crippen molar-refractivity contribution in [3.8, 4) is 0 Å². The molecule has 0 aliphatic heterocycles. The van der Waals surface area contributed by atoms with Crippen molar-refractivity contribution in [2.24, 2.45) is 0 Å². The summed E-state index contributed by atoms with van der Waals surface area (Å²) in [6, 6.07) is 4.07. The fourth-order valence-corrected chi connectivity index (χ4v) is 2.95. The van der Waals surface area contributed by atoms with Crippen LogP contribution < -0.4 is 0 Å².